The van der Waals surface area contributed by atoms with Crippen LogP contribution in [0, 0.1) is 0 Å². The summed E-state index contributed by atoms with van der Waals surface area (Å²) >= 11 is 0. The van der Waals surface area contributed by atoms with Gasteiger partial charge >= 0.3 is 0 Å². The van der Waals surface area contributed by atoms with Gasteiger partial charge in [0.1, 0.15) is 11.5 Å². The number of ether oxygens (including phenoxy) is 3. The van der Waals surface area contributed by atoms with Gasteiger partial charge in [0.2, 0.25) is 5.96 Å². The average molecular weight is 412 g/mol. The van der Waals surface area contributed by atoms with Crippen LogP contribution in [-0.4, -0.2) is 45.3 Å². The second kappa shape index (κ2) is 10.6. The van der Waals surface area contributed by atoms with Crippen LogP contribution in [0.5, 0.6) is 11.5 Å². The van der Waals surface area contributed by atoms with Crippen LogP contribution < -0.4 is 20.1 Å². The van der Waals surface area contributed by atoms with Gasteiger partial charge in [-0.1, -0.05) is 25.1 Å². The van der Waals surface area contributed by atoms with E-state index in [0.29, 0.717) is 29.6 Å². The van der Waals surface area contributed by atoms with Gasteiger partial charge in [-0.25, -0.2) is 4.99 Å². The summed E-state index contributed by atoms with van der Waals surface area (Å²) in [7, 11) is 3.10. The monoisotopic (exact) mass is 411 g/mol. The second-order valence-electron chi connectivity index (χ2n) is 7.02. The number of aryl methyl sites for hydroxylation is 1. The standard InChI is InChI=1S/C23H29N3O4/c1-4-16-8-5-6-10-21(16)25-23(24-15-18-9-7-11-30-18)26-22(27)17-12-19(28-2)14-20(13-17)29-3/h5-6,8,10,12-14,18H,4,7,9,11,15H2,1-3H3,(H2,24,25,26,27). The molecule has 0 aliphatic carbocycles. The SMILES string of the molecule is CCc1ccccc1NC(=NCC1CCCO1)NC(=O)c1cc(OC)cc(OC)c1. The Morgan fingerprint density at radius 3 is 2.53 bits per heavy atom. The van der Waals surface area contributed by atoms with Gasteiger partial charge in [-0.15, -0.1) is 0 Å². The summed E-state index contributed by atoms with van der Waals surface area (Å²) in [6.07, 6.45) is 2.96. The summed E-state index contributed by atoms with van der Waals surface area (Å²) in [5.41, 5.74) is 2.47. The predicted octanol–water partition coefficient (Wildman–Crippen LogP) is 3.64. The maximum atomic E-state index is 13.0. The van der Waals surface area contributed by atoms with Crippen molar-refractivity contribution in [3.05, 3.63) is 53.6 Å². The summed E-state index contributed by atoms with van der Waals surface area (Å²) in [4.78, 5) is 17.6. The van der Waals surface area contributed by atoms with E-state index in [0.717, 1.165) is 37.1 Å². The average Bonchev–Trinajstić information content (AvgIpc) is 3.31. The first kappa shape index (κ1) is 21.6. The number of aliphatic imine (C=N–C) groups is 1. The molecule has 1 aliphatic rings. The van der Waals surface area contributed by atoms with Crippen molar-refractivity contribution in [2.45, 2.75) is 32.3 Å². The summed E-state index contributed by atoms with van der Waals surface area (Å²) in [6.45, 7) is 3.33. The van der Waals surface area contributed by atoms with E-state index in [1.807, 2.05) is 18.2 Å². The van der Waals surface area contributed by atoms with E-state index in [1.54, 1.807) is 32.4 Å². The van der Waals surface area contributed by atoms with Crippen LogP contribution >= 0.6 is 0 Å². The summed E-state index contributed by atoms with van der Waals surface area (Å²) < 4.78 is 16.2. The number of methoxy groups -OCH3 is 2. The third-order valence-corrected chi connectivity index (χ3v) is 4.97. The molecule has 1 fully saturated rings. The van der Waals surface area contributed by atoms with Crippen LogP contribution in [0.4, 0.5) is 5.69 Å². The number of carbonyl (C=O) groups is 1. The van der Waals surface area contributed by atoms with Crippen LogP contribution in [0.25, 0.3) is 0 Å². The lowest BCUT2D eigenvalue weighted by Gasteiger charge is -2.16. The zero-order chi connectivity index (χ0) is 21.3. The molecule has 1 amide bonds. The molecule has 7 nitrogen and oxygen atoms in total. The number of hydrogen-bond acceptors (Lipinski definition) is 5. The minimum absolute atomic E-state index is 0.0806. The second-order valence-corrected chi connectivity index (χ2v) is 7.02. The first-order chi connectivity index (χ1) is 14.6. The van der Waals surface area contributed by atoms with Gasteiger partial charge in [-0.2, -0.15) is 0 Å². The Morgan fingerprint density at radius 1 is 1.17 bits per heavy atom. The molecule has 1 unspecified atom stereocenters. The Balaban J connectivity index is 1.82. The molecule has 2 N–H and O–H groups in total. The highest BCUT2D eigenvalue weighted by atomic mass is 16.5. The Kier molecular flexibility index (Phi) is 7.68. The molecule has 7 heteroatoms. The van der Waals surface area contributed by atoms with Gasteiger partial charge in [0.15, 0.2) is 0 Å². The smallest absolute Gasteiger partial charge is 0.258 e. The predicted molar refractivity (Wildman–Crippen MR) is 118 cm³/mol. The Labute approximate surface area is 177 Å². The molecule has 1 aliphatic heterocycles. The van der Waals surface area contributed by atoms with Crippen LogP contribution in [0.2, 0.25) is 0 Å². The fourth-order valence-corrected chi connectivity index (χ4v) is 3.29. The van der Waals surface area contributed by atoms with Crippen LogP contribution in [-0.2, 0) is 11.2 Å². The van der Waals surface area contributed by atoms with Crippen molar-refractivity contribution in [1.29, 1.82) is 0 Å². The van der Waals surface area contributed by atoms with Crippen molar-refractivity contribution >= 4 is 17.6 Å². The molecule has 160 valence electrons. The van der Waals surface area contributed by atoms with Crippen molar-refractivity contribution in [2.24, 2.45) is 4.99 Å². The zero-order valence-electron chi connectivity index (χ0n) is 17.7. The number of hydrogen-bond donors (Lipinski definition) is 2. The first-order valence-electron chi connectivity index (χ1n) is 10.2. The van der Waals surface area contributed by atoms with E-state index < -0.39 is 0 Å². The molecule has 1 saturated heterocycles. The Bertz CT molecular complexity index is 870. The first-order valence-corrected chi connectivity index (χ1v) is 10.2. The maximum absolute atomic E-state index is 13.0. The molecule has 0 aromatic heterocycles. The van der Waals surface area contributed by atoms with Gasteiger partial charge < -0.3 is 19.5 Å². The lowest BCUT2D eigenvalue weighted by molar-refractivity contribution is 0.0975. The lowest BCUT2D eigenvalue weighted by atomic mass is 10.1. The quantitative estimate of drug-likeness (QED) is 0.537. The van der Waals surface area contributed by atoms with E-state index in [4.69, 9.17) is 14.2 Å². The molecule has 0 bridgehead atoms. The molecule has 1 heterocycles. The Morgan fingerprint density at radius 2 is 1.90 bits per heavy atom. The lowest BCUT2D eigenvalue weighted by Crippen LogP contribution is -2.37. The van der Waals surface area contributed by atoms with Gasteiger partial charge in [0, 0.05) is 23.9 Å². The van der Waals surface area contributed by atoms with E-state index in [-0.39, 0.29) is 12.0 Å². The molecule has 0 spiro atoms. The fourth-order valence-electron chi connectivity index (χ4n) is 3.29. The minimum atomic E-state index is -0.306. The molecular weight excluding hydrogens is 382 g/mol. The zero-order valence-corrected chi connectivity index (χ0v) is 17.7. The molecule has 1 atom stereocenters. The highest BCUT2D eigenvalue weighted by Gasteiger charge is 2.17. The van der Waals surface area contributed by atoms with Crippen LogP contribution in [0.15, 0.2) is 47.5 Å². The minimum Gasteiger partial charge on any atom is -0.497 e. The van der Waals surface area contributed by atoms with Gasteiger partial charge in [-0.05, 0) is 43.0 Å². The molecular formula is C23H29N3O4. The topological polar surface area (TPSA) is 81.2 Å². The number of nitrogens with one attached hydrogen (secondary N) is 2. The number of benzene rings is 2. The number of para-hydroxylation sites is 1. The summed E-state index contributed by atoms with van der Waals surface area (Å²) in [5, 5.41) is 6.17. The molecule has 3 rings (SSSR count). The molecule has 2 aromatic rings. The van der Waals surface area contributed by atoms with E-state index in [1.165, 1.54) is 0 Å². The molecule has 2 aromatic carbocycles. The van der Waals surface area contributed by atoms with Gasteiger partial charge in [0.05, 0.1) is 26.9 Å². The van der Waals surface area contributed by atoms with Crippen molar-refractivity contribution in [3.8, 4) is 11.5 Å². The normalized spacial score (nSPS) is 16.2. The van der Waals surface area contributed by atoms with Gasteiger partial charge in [-0.3, -0.25) is 10.1 Å². The van der Waals surface area contributed by atoms with E-state index in [2.05, 4.69) is 28.6 Å². The van der Waals surface area contributed by atoms with Crippen molar-refractivity contribution < 1.29 is 19.0 Å². The molecule has 30 heavy (non-hydrogen) atoms. The summed E-state index contributed by atoms with van der Waals surface area (Å²) in [5.74, 6) is 1.17. The maximum Gasteiger partial charge on any atom is 0.258 e. The fraction of sp³-hybridized carbons (Fsp3) is 0.391. The van der Waals surface area contributed by atoms with Gasteiger partial charge in [0.25, 0.3) is 5.91 Å². The molecule has 0 saturated carbocycles. The third-order valence-electron chi connectivity index (χ3n) is 4.97. The van der Waals surface area contributed by atoms with Crippen molar-refractivity contribution in [3.63, 3.8) is 0 Å². The number of guanidine groups is 1. The number of rotatable bonds is 7. The van der Waals surface area contributed by atoms with Crippen LogP contribution in [0.1, 0.15) is 35.7 Å². The number of anilines is 1. The highest BCUT2D eigenvalue weighted by Crippen LogP contribution is 2.22. The summed E-state index contributed by atoms with van der Waals surface area (Å²) in [6, 6.07) is 13.0. The van der Waals surface area contributed by atoms with E-state index in [9.17, 15) is 4.79 Å². The Hall–Kier alpha value is -3.06. The molecule has 0 radical (unpaired) electrons. The van der Waals surface area contributed by atoms with E-state index >= 15 is 0 Å². The number of amides is 1. The van der Waals surface area contributed by atoms with Crippen molar-refractivity contribution in [1.82, 2.24) is 5.32 Å². The van der Waals surface area contributed by atoms with Crippen LogP contribution in [0.3, 0.4) is 0 Å². The van der Waals surface area contributed by atoms with Crippen molar-refractivity contribution in [2.75, 3.05) is 32.7 Å². The number of carbonyl (C=O) groups excluding carboxylic acids is 1. The highest BCUT2D eigenvalue weighted by molar-refractivity contribution is 6.10. The third kappa shape index (κ3) is 5.73. The number of nitrogens with zero attached hydrogens (tertiary/aromatic N) is 1. The largest absolute Gasteiger partial charge is 0.497 e.